The third kappa shape index (κ3) is 4.26. The average molecular weight is 335 g/mol. The molecule has 2 N–H and O–H groups in total. The number of aryl methyl sites for hydroxylation is 2. The zero-order chi connectivity index (χ0) is 17.6. The standard InChI is InChI=1S/C20H21N3O2/c1-15-8-10-16(11-9-15)18-14-23(20(24)22-19(18)21)12-5-13-25-17-6-3-2-4-7-17/h2-4,6-11,14H,5,12-13H2,1H3,(H2,21,22,24). The number of hydrogen-bond donors (Lipinski definition) is 1. The molecule has 0 aliphatic rings. The Bertz CT molecular complexity index is 887. The molecule has 5 nitrogen and oxygen atoms in total. The van der Waals surface area contributed by atoms with Gasteiger partial charge in [0.2, 0.25) is 0 Å². The molecular weight excluding hydrogens is 314 g/mol. The van der Waals surface area contributed by atoms with E-state index in [4.69, 9.17) is 10.5 Å². The molecule has 1 heterocycles. The van der Waals surface area contributed by atoms with Crippen LogP contribution in [0.4, 0.5) is 5.82 Å². The third-order valence-electron chi connectivity index (χ3n) is 3.94. The van der Waals surface area contributed by atoms with E-state index in [1.807, 2.05) is 61.5 Å². The van der Waals surface area contributed by atoms with Gasteiger partial charge in [-0.3, -0.25) is 4.57 Å². The average Bonchev–Trinajstić information content (AvgIpc) is 2.62. The maximum absolute atomic E-state index is 12.1. The van der Waals surface area contributed by atoms with Crippen LogP contribution in [-0.2, 0) is 6.54 Å². The number of nitrogens with zero attached hydrogens (tertiary/aromatic N) is 2. The second kappa shape index (κ2) is 7.66. The summed E-state index contributed by atoms with van der Waals surface area (Å²) >= 11 is 0. The Morgan fingerprint density at radius 3 is 2.52 bits per heavy atom. The van der Waals surface area contributed by atoms with Gasteiger partial charge in [0.05, 0.1) is 6.61 Å². The normalized spacial score (nSPS) is 10.6. The molecular formula is C20H21N3O2. The van der Waals surface area contributed by atoms with E-state index in [1.54, 1.807) is 10.8 Å². The number of rotatable bonds is 6. The minimum absolute atomic E-state index is 0.255. The Hall–Kier alpha value is -3.08. The zero-order valence-corrected chi connectivity index (χ0v) is 14.2. The van der Waals surface area contributed by atoms with Crippen LogP contribution in [0.15, 0.2) is 65.6 Å². The van der Waals surface area contributed by atoms with Crippen LogP contribution in [0.2, 0.25) is 0 Å². The summed E-state index contributed by atoms with van der Waals surface area (Å²) in [5.74, 6) is 1.08. The molecule has 0 radical (unpaired) electrons. The number of ether oxygens (including phenoxy) is 1. The first-order valence-corrected chi connectivity index (χ1v) is 8.25. The van der Waals surface area contributed by atoms with Crippen molar-refractivity contribution in [2.75, 3.05) is 12.3 Å². The summed E-state index contributed by atoms with van der Waals surface area (Å²) in [7, 11) is 0. The molecule has 0 aliphatic carbocycles. The lowest BCUT2D eigenvalue weighted by atomic mass is 10.1. The monoisotopic (exact) mass is 335 g/mol. The van der Waals surface area contributed by atoms with Crippen LogP contribution in [0.1, 0.15) is 12.0 Å². The van der Waals surface area contributed by atoms with Crippen molar-refractivity contribution in [2.24, 2.45) is 0 Å². The first kappa shape index (κ1) is 16.8. The van der Waals surface area contributed by atoms with E-state index >= 15 is 0 Å². The number of benzene rings is 2. The predicted molar refractivity (Wildman–Crippen MR) is 99.6 cm³/mol. The molecule has 0 fully saturated rings. The van der Waals surface area contributed by atoms with Crippen molar-refractivity contribution in [3.8, 4) is 16.9 Å². The molecule has 0 spiro atoms. The van der Waals surface area contributed by atoms with Crippen LogP contribution in [0.5, 0.6) is 5.75 Å². The summed E-state index contributed by atoms with van der Waals surface area (Å²) in [6.07, 6.45) is 2.48. The summed E-state index contributed by atoms with van der Waals surface area (Å²) in [5.41, 5.74) is 8.49. The van der Waals surface area contributed by atoms with Gasteiger partial charge in [0.25, 0.3) is 0 Å². The van der Waals surface area contributed by atoms with E-state index < -0.39 is 0 Å². The number of hydrogen-bond acceptors (Lipinski definition) is 4. The Morgan fingerprint density at radius 1 is 1.08 bits per heavy atom. The van der Waals surface area contributed by atoms with Gasteiger partial charge in [0.15, 0.2) is 0 Å². The molecule has 0 aliphatic heterocycles. The predicted octanol–water partition coefficient (Wildman–Crippen LogP) is 3.27. The van der Waals surface area contributed by atoms with Gasteiger partial charge < -0.3 is 10.5 Å². The first-order chi connectivity index (χ1) is 12.1. The second-order valence-corrected chi connectivity index (χ2v) is 5.90. The maximum atomic E-state index is 12.1. The lowest BCUT2D eigenvalue weighted by Gasteiger charge is -2.11. The summed E-state index contributed by atoms with van der Waals surface area (Å²) in [6.45, 7) is 3.08. The highest BCUT2D eigenvalue weighted by atomic mass is 16.5. The number of para-hydroxylation sites is 1. The summed E-state index contributed by atoms with van der Waals surface area (Å²) in [4.78, 5) is 16.0. The molecule has 5 heteroatoms. The van der Waals surface area contributed by atoms with Gasteiger partial charge in [0, 0.05) is 18.3 Å². The summed E-state index contributed by atoms with van der Waals surface area (Å²) in [5, 5.41) is 0. The van der Waals surface area contributed by atoms with E-state index in [2.05, 4.69) is 4.98 Å². The van der Waals surface area contributed by atoms with Gasteiger partial charge in [-0.2, -0.15) is 4.98 Å². The lowest BCUT2D eigenvalue weighted by Crippen LogP contribution is -2.25. The molecule has 0 bridgehead atoms. The largest absolute Gasteiger partial charge is 0.494 e. The molecule has 0 saturated carbocycles. The topological polar surface area (TPSA) is 70.1 Å². The molecule has 25 heavy (non-hydrogen) atoms. The fourth-order valence-corrected chi connectivity index (χ4v) is 2.56. The smallest absolute Gasteiger partial charge is 0.349 e. The van der Waals surface area contributed by atoms with E-state index in [9.17, 15) is 4.79 Å². The summed E-state index contributed by atoms with van der Waals surface area (Å²) < 4.78 is 7.24. The van der Waals surface area contributed by atoms with E-state index in [-0.39, 0.29) is 11.5 Å². The molecule has 0 unspecified atom stereocenters. The highest BCUT2D eigenvalue weighted by Crippen LogP contribution is 2.23. The highest BCUT2D eigenvalue weighted by molar-refractivity contribution is 5.72. The SMILES string of the molecule is Cc1ccc(-c2cn(CCCOc3ccccc3)c(=O)nc2N)cc1. The van der Waals surface area contributed by atoms with Crippen molar-refractivity contribution >= 4 is 5.82 Å². The molecule has 0 saturated heterocycles. The van der Waals surface area contributed by atoms with Gasteiger partial charge in [0.1, 0.15) is 11.6 Å². The Kier molecular flexibility index (Phi) is 5.14. The fourth-order valence-electron chi connectivity index (χ4n) is 2.56. The van der Waals surface area contributed by atoms with Gasteiger partial charge in [-0.15, -0.1) is 0 Å². The lowest BCUT2D eigenvalue weighted by molar-refractivity contribution is 0.300. The van der Waals surface area contributed by atoms with Crippen LogP contribution >= 0.6 is 0 Å². The van der Waals surface area contributed by atoms with E-state index in [1.165, 1.54) is 5.56 Å². The zero-order valence-electron chi connectivity index (χ0n) is 14.2. The molecule has 128 valence electrons. The van der Waals surface area contributed by atoms with Crippen molar-refractivity contribution in [1.29, 1.82) is 0 Å². The van der Waals surface area contributed by atoms with Crippen molar-refractivity contribution in [3.05, 3.63) is 76.8 Å². The highest BCUT2D eigenvalue weighted by Gasteiger charge is 2.08. The Morgan fingerprint density at radius 2 is 1.80 bits per heavy atom. The molecule has 0 amide bonds. The fraction of sp³-hybridized carbons (Fsp3) is 0.200. The van der Waals surface area contributed by atoms with Gasteiger partial charge in [-0.05, 0) is 31.0 Å². The second-order valence-electron chi connectivity index (χ2n) is 5.90. The molecule has 2 aromatic carbocycles. The quantitative estimate of drug-likeness (QED) is 0.702. The molecule has 0 atom stereocenters. The van der Waals surface area contributed by atoms with Crippen LogP contribution in [-0.4, -0.2) is 16.2 Å². The minimum Gasteiger partial charge on any atom is -0.494 e. The van der Waals surface area contributed by atoms with Crippen molar-refractivity contribution < 1.29 is 4.74 Å². The first-order valence-electron chi connectivity index (χ1n) is 8.25. The van der Waals surface area contributed by atoms with Crippen LogP contribution in [0, 0.1) is 6.92 Å². The van der Waals surface area contributed by atoms with Gasteiger partial charge in [-0.25, -0.2) is 4.79 Å². The molecule has 3 aromatic rings. The van der Waals surface area contributed by atoms with Gasteiger partial charge in [-0.1, -0.05) is 48.0 Å². The van der Waals surface area contributed by atoms with E-state index in [0.717, 1.165) is 16.9 Å². The van der Waals surface area contributed by atoms with Crippen LogP contribution in [0.25, 0.3) is 11.1 Å². The molecule has 3 rings (SSSR count). The number of nitrogen functional groups attached to an aromatic ring is 1. The van der Waals surface area contributed by atoms with Crippen LogP contribution in [0.3, 0.4) is 0 Å². The van der Waals surface area contributed by atoms with Crippen molar-refractivity contribution in [1.82, 2.24) is 9.55 Å². The minimum atomic E-state index is -0.340. The Labute approximate surface area is 146 Å². The number of aromatic nitrogens is 2. The van der Waals surface area contributed by atoms with Crippen molar-refractivity contribution in [3.63, 3.8) is 0 Å². The maximum Gasteiger partial charge on any atom is 0.349 e. The third-order valence-corrected chi connectivity index (χ3v) is 3.94. The number of nitrogens with two attached hydrogens (primary N) is 1. The van der Waals surface area contributed by atoms with Crippen molar-refractivity contribution in [2.45, 2.75) is 19.9 Å². The van der Waals surface area contributed by atoms with E-state index in [0.29, 0.717) is 19.6 Å². The summed E-state index contributed by atoms with van der Waals surface area (Å²) in [6, 6.07) is 17.6. The van der Waals surface area contributed by atoms with Crippen LogP contribution < -0.4 is 16.2 Å². The number of anilines is 1. The Balaban J connectivity index is 1.70. The van der Waals surface area contributed by atoms with Gasteiger partial charge >= 0.3 is 5.69 Å². The molecule has 1 aromatic heterocycles.